The molecule has 0 saturated heterocycles. The van der Waals surface area contributed by atoms with Crippen molar-refractivity contribution in [2.24, 2.45) is 17.2 Å². The fourth-order valence-corrected chi connectivity index (χ4v) is 2.57. The van der Waals surface area contributed by atoms with E-state index in [9.17, 15) is 19.2 Å². The molecule has 1 aromatic heterocycles. The number of amides is 3. The molecule has 1 heterocycles. The van der Waals surface area contributed by atoms with E-state index in [0.29, 0.717) is 31.5 Å². The average Bonchev–Trinajstić information content (AvgIpc) is 3.17. The molecule has 0 aliphatic rings. The third-order valence-electron chi connectivity index (χ3n) is 4.22. The van der Waals surface area contributed by atoms with Crippen LogP contribution in [0.3, 0.4) is 0 Å². The van der Waals surface area contributed by atoms with Crippen LogP contribution in [0.1, 0.15) is 37.8 Å². The fourth-order valence-electron chi connectivity index (χ4n) is 2.57. The van der Waals surface area contributed by atoms with Gasteiger partial charge in [0.1, 0.15) is 12.1 Å². The van der Waals surface area contributed by atoms with Crippen molar-refractivity contribution in [3.8, 4) is 0 Å². The Balaban J connectivity index is 2.81. The second kappa shape index (κ2) is 12.5. The van der Waals surface area contributed by atoms with Gasteiger partial charge in [-0.1, -0.05) is 0 Å². The Morgan fingerprint density at radius 1 is 1.10 bits per heavy atom. The summed E-state index contributed by atoms with van der Waals surface area (Å²) in [4.78, 5) is 54.0. The molecule has 0 spiro atoms. The molecule has 0 fully saturated rings. The van der Waals surface area contributed by atoms with Crippen LogP contribution >= 0.6 is 0 Å². The van der Waals surface area contributed by atoms with Gasteiger partial charge in [-0.2, -0.15) is 0 Å². The molecule has 0 aromatic carbocycles. The number of carbonyl (C=O) groups is 4. The first-order chi connectivity index (χ1) is 13.7. The van der Waals surface area contributed by atoms with Gasteiger partial charge in [0.05, 0.1) is 12.4 Å². The van der Waals surface area contributed by atoms with E-state index in [4.69, 9.17) is 22.3 Å². The molecule has 0 aliphatic heterocycles. The normalized spacial score (nSPS) is 13.9. The van der Waals surface area contributed by atoms with Crippen LogP contribution in [-0.4, -0.2) is 63.4 Å². The van der Waals surface area contributed by atoms with Gasteiger partial charge in [-0.25, -0.2) is 4.98 Å². The third kappa shape index (κ3) is 9.17. The van der Waals surface area contributed by atoms with Gasteiger partial charge in [-0.15, -0.1) is 0 Å². The Bertz CT molecular complexity index is 680. The van der Waals surface area contributed by atoms with Crippen LogP contribution in [0.15, 0.2) is 12.5 Å². The maximum atomic E-state index is 12.7. The highest BCUT2D eigenvalue weighted by Crippen LogP contribution is 2.05. The number of carbonyl (C=O) groups excluding carboxylic acids is 3. The van der Waals surface area contributed by atoms with E-state index in [1.54, 1.807) is 0 Å². The van der Waals surface area contributed by atoms with Crippen molar-refractivity contribution >= 4 is 23.7 Å². The number of hydrogen-bond donors (Lipinski definition) is 7. The summed E-state index contributed by atoms with van der Waals surface area (Å²) in [5, 5.41) is 13.8. The zero-order valence-corrected chi connectivity index (χ0v) is 16.1. The zero-order valence-electron chi connectivity index (χ0n) is 16.1. The van der Waals surface area contributed by atoms with Crippen LogP contribution in [0.2, 0.25) is 0 Å². The minimum absolute atomic E-state index is 0.0670. The van der Waals surface area contributed by atoms with Crippen molar-refractivity contribution in [3.05, 3.63) is 18.2 Å². The summed E-state index contributed by atoms with van der Waals surface area (Å²) in [6.45, 7) is 0.451. The molecule has 0 aliphatic carbocycles. The van der Waals surface area contributed by atoms with Gasteiger partial charge in [0.15, 0.2) is 0 Å². The minimum atomic E-state index is -1.10. The molecule has 162 valence electrons. The standard InChI is InChI=1S/C17H29N7O5/c18-6-2-1-3-12(15(20)27)23-17(29)13(7-10-8-21-9-22-10)24-16(28)11(19)4-5-14(25)26/h8-9,11-13H,1-7,18-19H2,(H2,20,27)(H,21,22)(H,23,29)(H,24,28)(H,25,26). The molecular formula is C17H29N7O5. The topological polar surface area (TPSA) is 219 Å². The minimum Gasteiger partial charge on any atom is -0.481 e. The number of imidazole rings is 1. The van der Waals surface area contributed by atoms with Crippen LogP contribution in [0, 0.1) is 0 Å². The number of aromatic nitrogens is 2. The Morgan fingerprint density at radius 2 is 1.79 bits per heavy atom. The predicted molar refractivity (Wildman–Crippen MR) is 103 cm³/mol. The number of H-pyrrole nitrogens is 1. The SMILES string of the molecule is NCCCCC(NC(=O)C(Cc1cnc[nH]1)NC(=O)C(N)CCC(=O)O)C(N)=O. The number of hydrogen-bond acceptors (Lipinski definition) is 7. The summed E-state index contributed by atoms with van der Waals surface area (Å²) >= 11 is 0. The van der Waals surface area contributed by atoms with E-state index in [2.05, 4.69) is 20.6 Å². The van der Waals surface area contributed by atoms with Gasteiger partial charge in [-0.05, 0) is 32.2 Å². The van der Waals surface area contributed by atoms with Crippen LogP contribution in [0.5, 0.6) is 0 Å². The Hall–Kier alpha value is -2.99. The Labute approximate surface area is 168 Å². The smallest absolute Gasteiger partial charge is 0.303 e. The molecule has 1 aromatic rings. The lowest BCUT2D eigenvalue weighted by atomic mass is 10.1. The summed E-state index contributed by atoms with van der Waals surface area (Å²) in [6, 6.07) is -3.06. The lowest BCUT2D eigenvalue weighted by molar-refractivity contribution is -0.137. The summed E-state index contributed by atoms with van der Waals surface area (Å²) in [6.07, 6.45) is 4.21. The quantitative estimate of drug-likeness (QED) is 0.165. The summed E-state index contributed by atoms with van der Waals surface area (Å²) in [5.41, 5.74) is 17.1. The number of unbranched alkanes of at least 4 members (excludes halogenated alkanes) is 1. The molecule has 12 nitrogen and oxygen atoms in total. The molecule has 10 N–H and O–H groups in total. The van der Waals surface area contributed by atoms with Crippen molar-refractivity contribution in [2.75, 3.05) is 6.54 Å². The predicted octanol–water partition coefficient (Wildman–Crippen LogP) is -2.27. The van der Waals surface area contributed by atoms with Crippen molar-refractivity contribution in [2.45, 2.75) is 56.7 Å². The van der Waals surface area contributed by atoms with Crippen LogP contribution < -0.4 is 27.8 Å². The van der Waals surface area contributed by atoms with Gasteiger partial charge in [0, 0.05) is 24.7 Å². The average molecular weight is 411 g/mol. The highest BCUT2D eigenvalue weighted by molar-refractivity contribution is 5.92. The number of aromatic amines is 1. The highest BCUT2D eigenvalue weighted by atomic mass is 16.4. The molecule has 3 unspecified atom stereocenters. The van der Waals surface area contributed by atoms with E-state index in [-0.39, 0.29) is 19.3 Å². The number of carboxylic acid groups (broad SMARTS) is 1. The summed E-state index contributed by atoms with van der Waals surface area (Å²) < 4.78 is 0. The first kappa shape index (κ1) is 24.0. The lowest BCUT2D eigenvalue weighted by Gasteiger charge is -2.23. The Morgan fingerprint density at radius 3 is 2.34 bits per heavy atom. The van der Waals surface area contributed by atoms with E-state index >= 15 is 0 Å². The zero-order chi connectivity index (χ0) is 21.8. The molecule has 12 heteroatoms. The molecule has 3 atom stereocenters. The van der Waals surface area contributed by atoms with Gasteiger partial charge >= 0.3 is 5.97 Å². The number of nitrogens with two attached hydrogens (primary N) is 3. The van der Waals surface area contributed by atoms with E-state index in [1.807, 2.05) is 0 Å². The molecule has 0 saturated carbocycles. The van der Waals surface area contributed by atoms with Crippen molar-refractivity contribution in [1.82, 2.24) is 20.6 Å². The third-order valence-corrected chi connectivity index (χ3v) is 4.22. The maximum Gasteiger partial charge on any atom is 0.303 e. The molecule has 0 radical (unpaired) electrons. The van der Waals surface area contributed by atoms with E-state index in [0.717, 1.165) is 0 Å². The summed E-state index contributed by atoms with van der Waals surface area (Å²) in [5.74, 6) is -3.07. The second-order valence-corrected chi connectivity index (χ2v) is 6.63. The largest absolute Gasteiger partial charge is 0.481 e. The van der Waals surface area contributed by atoms with Crippen LogP contribution in [0.25, 0.3) is 0 Å². The van der Waals surface area contributed by atoms with E-state index < -0.39 is 41.8 Å². The van der Waals surface area contributed by atoms with Gasteiger partial charge < -0.3 is 37.9 Å². The van der Waals surface area contributed by atoms with Gasteiger partial charge in [0.2, 0.25) is 17.7 Å². The number of carboxylic acids is 1. The van der Waals surface area contributed by atoms with Gasteiger partial charge in [0.25, 0.3) is 0 Å². The van der Waals surface area contributed by atoms with Crippen molar-refractivity contribution in [1.29, 1.82) is 0 Å². The number of nitrogens with one attached hydrogen (secondary N) is 3. The fraction of sp³-hybridized carbons (Fsp3) is 0.588. The Kier molecular flexibility index (Phi) is 10.3. The number of aliphatic carboxylic acids is 1. The molecular weight excluding hydrogens is 382 g/mol. The maximum absolute atomic E-state index is 12.7. The van der Waals surface area contributed by atoms with Crippen molar-refractivity contribution in [3.63, 3.8) is 0 Å². The molecule has 1 rings (SSSR count). The number of nitrogens with zero attached hydrogens (tertiary/aromatic N) is 1. The summed E-state index contributed by atoms with van der Waals surface area (Å²) in [7, 11) is 0. The first-order valence-corrected chi connectivity index (χ1v) is 9.29. The van der Waals surface area contributed by atoms with E-state index in [1.165, 1.54) is 12.5 Å². The second-order valence-electron chi connectivity index (χ2n) is 6.63. The highest BCUT2D eigenvalue weighted by Gasteiger charge is 2.28. The lowest BCUT2D eigenvalue weighted by Crippen LogP contribution is -2.56. The van der Waals surface area contributed by atoms with Crippen LogP contribution in [-0.2, 0) is 25.6 Å². The number of primary amides is 1. The van der Waals surface area contributed by atoms with Gasteiger partial charge in [-0.3, -0.25) is 19.2 Å². The first-order valence-electron chi connectivity index (χ1n) is 9.29. The molecule has 0 bridgehead atoms. The van der Waals surface area contributed by atoms with Crippen LogP contribution in [0.4, 0.5) is 0 Å². The molecule has 29 heavy (non-hydrogen) atoms. The molecule has 3 amide bonds. The monoisotopic (exact) mass is 411 g/mol. The van der Waals surface area contributed by atoms with Crippen molar-refractivity contribution < 1.29 is 24.3 Å². The number of rotatable bonds is 14.